The van der Waals surface area contributed by atoms with Gasteiger partial charge in [0.25, 0.3) is 0 Å². The second-order valence-corrected chi connectivity index (χ2v) is 9.84. The maximum atomic E-state index is 12.4. The van der Waals surface area contributed by atoms with E-state index in [1.54, 1.807) is 30.6 Å². The normalized spacial score (nSPS) is 11.6. The number of benzene rings is 2. The lowest BCUT2D eigenvalue weighted by Crippen LogP contribution is -2.20. The summed E-state index contributed by atoms with van der Waals surface area (Å²) in [4.78, 5) is 16.9. The van der Waals surface area contributed by atoms with Crippen LogP contribution in [-0.4, -0.2) is 35.3 Å². The van der Waals surface area contributed by atoms with E-state index in [-0.39, 0.29) is 17.3 Å². The van der Waals surface area contributed by atoms with Gasteiger partial charge in [-0.3, -0.25) is 14.5 Å². The van der Waals surface area contributed by atoms with Crippen molar-refractivity contribution in [2.75, 3.05) is 6.26 Å². The van der Waals surface area contributed by atoms with Crippen LogP contribution in [0.3, 0.4) is 0 Å². The summed E-state index contributed by atoms with van der Waals surface area (Å²) >= 11 is 0. The summed E-state index contributed by atoms with van der Waals surface area (Å²) in [6.45, 7) is 0.896. The molecular formula is C26H24N4O3S. The predicted octanol–water partition coefficient (Wildman–Crippen LogP) is 3.73. The fourth-order valence-corrected chi connectivity index (χ4v) is 4.04. The Morgan fingerprint density at radius 1 is 1.00 bits per heavy atom. The van der Waals surface area contributed by atoms with Crippen LogP contribution in [0.15, 0.2) is 96.3 Å². The molecule has 0 unspecified atom stereocenters. The number of rotatable bonds is 8. The number of hydrogen-bond donors (Lipinski definition) is 1. The van der Waals surface area contributed by atoms with E-state index >= 15 is 0 Å². The lowest BCUT2D eigenvalue weighted by molar-refractivity contribution is -0.116. The van der Waals surface area contributed by atoms with Gasteiger partial charge in [0.05, 0.1) is 11.4 Å². The summed E-state index contributed by atoms with van der Waals surface area (Å²) in [5, 5.41) is 7.54. The van der Waals surface area contributed by atoms with E-state index in [9.17, 15) is 13.2 Å². The second-order valence-electron chi connectivity index (χ2n) is 7.83. The van der Waals surface area contributed by atoms with Gasteiger partial charge in [0.15, 0.2) is 9.84 Å². The van der Waals surface area contributed by atoms with Gasteiger partial charge < -0.3 is 5.32 Å². The molecule has 1 N–H and O–H groups in total. The average molecular weight is 473 g/mol. The minimum atomic E-state index is -3.25. The summed E-state index contributed by atoms with van der Waals surface area (Å²) in [5.74, 6) is -0.264. The first-order valence-corrected chi connectivity index (χ1v) is 12.5. The molecule has 7 nitrogen and oxygen atoms in total. The molecule has 8 heteroatoms. The molecule has 2 aromatic carbocycles. The van der Waals surface area contributed by atoms with Gasteiger partial charge >= 0.3 is 0 Å². The van der Waals surface area contributed by atoms with Gasteiger partial charge in [-0.05, 0) is 41.5 Å². The van der Waals surface area contributed by atoms with Crippen LogP contribution in [0.25, 0.3) is 17.3 Å². The van der Waals surface area contributed by atoms with Crippen LogP contribution in [-0.2, 0) is 27.7 Å². The number of carbonyl (C=O) groups is 1. The Morgan fingerprint density at radius 3 is 2.44 bits per heavy atom. The Labute approximate surface area is 198 Å². The molecule has 0 saturated carbocycles. The van der Waals surface area contributed by atoms with Crippen molar-refractivity contribution in [2.24, 2.45) is 0 Å². The van der Waals surface area contributed by atoms with Crippen LogP contribution < -0.4 is 5.32 Å². The molecule has 0 bridgehead atoms. The van der Waals surface area contributed by atoms with E-state index in [1.807, 2.05) is 53.3 Å². The number of amides is 1. The van der Waals surface area contributed by atoms with Crippen molar-refractivity contribution in [1.82, 2.24) is 20.1 Å². The number of carbonyl (C=O) groups excluding carboxylic acids is 1. The van der Waals surface area contributed by atoms with Gasteiger partial charge in [-0.25, -0.2) is 8.42 Å². The first-order valence-electron chi connectivity index (χ1n) is 10.7. The Morgan fingerprint density at radius 2 is 1.76 bits per heavy atom. The molecule has 0 spiro atoms. The number of pyridine rings is 1. The van der Waals surface area contributed by atoms with Crippen molar-refractivity contribution in [3.63, 3.8) is 0 Å². The van der Waals surface area contributed by atoms with Crippen LogP contribution in [0.4, 0.5) is 0 Å². The minimum Gasteiger partial charge on any atom is -0.348 e. The molecule has 0 aliphatic carbocycles. The zero-order chi connectivity index (χ0) is 24.0. The van der Waals surface area contributed by atoms with Crippen molar-refractivity contribution in [3.05, 3.63) is 108 Å². The number of nitrogens with zero attached hydrogens (tertiary/aromatic N) is 3. The molecule has 0 aliphatic heterocycles. The van der Waals surface area contributed by atoms with Crippen LogP contribution in [0.5, 0.6) is 0 Å². The van der Waals surface area contributed by atoms with E-state index in [0.29, 0.717) is 6.54 Å². The standard InChI is InChI=1S/C26H24N4O3S/c1-34(32,33)24-12-9-20(10-13-24)16-28-25(31)14-11-23-19-30(18-21-6-3-2-4-7-21)29-26(23)22-8-5-15-27-17-22/h2-15,17,19H,16,18H2,1H3,(H,28,31). The van der Waals surface area contributed by atoms with E-state index < -0.39 is 9.84 Å². The third kappa shape index (κ3) is 6.05. The van der Waals surface area contributed by atoms with Crippen LogP contribution in [0.1, 0.15) is 16.7 Å². The lowest BCUT2D eigenvalue weighted by Gasteiger charge is -2.04. The van der Waals surface area contributed by atoms with Gasteiger partial charge in [-0.2, -0.15) is 5.10 Å². The first-order chi connectivity index (χ1) is 16.4. The zero-order valence-electron chi connectivity index (χ0n) is 18.6. The Balaban J connectivity index is 1.48. The summed E-state index contributed by atoms with van der Waals surface area (Å²) in [7, 11) is -3.25. The number of nitrogens with one attached hydrogen (secondary N) is 1. The highest BCUT2D eigenvalue weighted by Gasteiger charge is 2.11. The zero-order valence-corrected chi connectivity index (χ0v) is 19.4. The molecule has 4 aromatic rings. The molecule has 0 aliphatic rings. The highest BCUT2D eigenvalue weighted by molar-refractivity contribution is 7.90. The van der Waals surface area contributed by atoms with Crippen molar-refractivity contribution in [1.29, 1.82) is 0 Å². The average Bonchev–Trinajstić information content (AvgIpc) is 3.25. The second kappa shape index (κ2) is 10.3. The highest BCUT2D eigenvalue weighted by atomic mass is 32.2. The van der Waals surface area contributed by atoms with Gasteiger partial charge in [0, 0.05) is 48.6 Å². The largest absolute Gasteiger partial charge is 0.348 e. The monoisotopic (exact) mass is 472 g/mol. The molecule has 172 valence electrons. The minimum absolute atomic E-state index is 0.248. The Hall–Kier alpha value is -4.04. The van der Waals surface area contributed by atoms with Crippen LogP contribution in [0, 0.1) is 0 Å². The number of sulfone groups is 1. The van der Waals surface area contributed by atoms with Crippen LogP contribution in [0.2, 0.25) is 0 Å². The summed E-state index contributed by atoms with van der Waals surface area (Å²) in [6.07, 6.45) is 9.72. The first kappa shape index (κ1) is 23.1. The maximum absolute atomic E-state index is 12.4. The maximum Gasteiger partial charge on any atom is 0.244 e. The molecule has 34 heavy (non-hydrogen) atoms. The fourth-order valence-electron chi connectivity index (χ4n) is 3.41. The molecule has 2 heterocycles. The number of aromatic nitrogens is 3. The molecule has 0 atom stereocenters. The molecular weight excluding hydrogens is 448 g/mol. The molecule has 0 saturated heterocycles. The summed E-state index contributed by atoms with van der Waals surface area (Å²) in [5.41, 5.74) is 4.33. The van der Waals surface area contributed by atoms with E-state index in [0.717, 1.165) is 34.2 Å². The SMILES string of the molecule is CS(=O)(=O)c1ccc(CNC(=O)C=Cc2cn(Cc3ccccc3)nc2-c2cccnc2)cc1. The molecule has 1 amide bonds. The lowest BCUT2D eigenvalue weighted by atomic mass is 10.1. The quantitative estimate of drug-likeness (QED) is 0.395. The van der Waals surface area contributed by atoms with E-state index in [2.05, 4.69) is 10.3 Å². The highest BCUT2D eigenvalue weighted by Crippen LogP contribution is 2.23. The molecule has 4 rings (SSSR count). The van der Waals surface area contributed by atoms with Crippen molar-refractivity contribution < 1.29 is 13.2 Å². The molecule has 2 aromatic heterocycles. The summed E-state index contributed by atoms with van der Waals surface area (Å²) < 4.78 is 25.0. The molecule has 0 radical (unpaired) electrons. The third-order valence-corrected chi connectivity index (χ3v) is 6.27. The van der Waals surface area contributed by atoms with Crippen molar-refractivity contribution in [2.45, 2.75) is 18.0 Å². The van der Waals surface area contributed by atoms with Gasteiger partial charge in [-0.1, -0.05) is 42.5 Å². The van der Waals surface area contributed by atoms with E-state index in [4.69, 9.17) is 5.10 Å². The fraction of sp³-hybridized carbons (Fsp3) is 0.115. The third-order valence-electron chi connectivity index (χ3n) is 5.14. The van der Waals surface area contributed by atoms with Crippen molar-refractivity contribution >= 4 is 21.8 Å². The Kier molecular flexibility index (Phi) is 6.98. The van der Waals surface area contributed by atoms with Gasteiger partial charge in [0.2, 0.25) is 5.91 Å². The predicted molar refractivity (Wildman–Crippen MR) is 131 cm³/mol. The van der Waals surface area contributed by atoms with E-state index in [1.165, 1.54) is 18.2 Å². The smallest absolute Gasteiger partial charge is 0.244 e. The summed E-state index contributed by atoms with van der Waals surface area (Å²) in [6, 6.07) is 20.3. The number of hydrogen-bond acceptors (Lipinski definition) is 5. The topological polar surface area (TPSA) is 94.0 Å². The van der Waals surface area contributed by atoms with Crippen LogP contribution >= 0.6 is 0 Å². The van der Waals surface area contributed by atoms with Gasteiger partial charge in [0.1, 0.15) is 5.69 Å². The Bertz CT molecular complexity index is 1400. The van der Waals surface area contributed by atoms with Crippen molar-refractivity contribution in [3.8, 4) is 11.3 Å². The van der Waals surface area contributed by atoms with Gasteiger partial charge in [-0.15, -0.1) is 0 Å². The molecule has 0 fully saturated rings.